The van der Waals surface area contributed by atoms with Gasteiger partial charge in [0.05, 0.1) is 11.5 Å². The molecule has 8 heteroatoms. The van der Waals surface area contributed by atoms with E-state index in [0.717, 1.165) is 27.6 Å². The van der Waals surface area contributed by atoms with Crippen molar-refractivity contribution in [3.8, 4) is 0 Å². The summed E-state index contributed by atoms with van der Waals surface area (Å²) in [7, 11) is -6.53. The van der Waals surface area contributed by atoms with Gasteiger partial charge < -0.3 is 0 Å². The van der Waals surface area contributed by atoms with Crippen LogP contribution in [0.4, 0.5) is 0 Å². The molecule has 0 amide bonds. The van der Waals surface area contributed by atoms with E-state index >= 15 is 0 Å². The zero-order valence-electron chi connectivity index (χ0n) is 9.00. The third-order valence-electron chi connectivity index (χ3n) is 1.63. The maximum absolute atomic E-state index is 11.0. The molecule has 0 aromatic rings. The maximum Gasteiger partial charge on any atom is 0.172 e. The van der Waals surface area contributed by atoms with E-state index in [1.165, 1.54) is 13.8 Å². The minimum atomic E-state index is -3.26. The lowest BCUT2D eigenvalue weighted by Gasteiger charge is -2.02. The molecule has 0 aliphatic heterocycles. The molecule has 0 heterocycles. The lowest BCUT2D eigenvalue weighted by atomic mass is 10.9. The maximum atomic E-state index is 11.0. The predicted molar refractivity (Wildman–Crippen MR) is 64.9 cm³/mol. The molecule has 0 unspecified atom stereocenters. The summed E-state index contributed by atoms with van der Waals surface area (Å²) in [4.78, 5) is 0. The van der Waals surface area contributed by atoms with Crippen LogP contribution in [0.25, 0.3) is 0 Å². The normalized spacial score (nSPS) is 13.7. The zero-order chi connectivity index (χ0) is 12.8. The monoisotopic (exact) mass is 287 g/mol. The van der Waals surface area contributed by atoms with Crippen molar-refractivity contribution in [3.05, 3.63) is 23.2 Å². The van der Waals surface area contributed by atoms with Gasteiger partial charge in [0.1, 0.15) is 0 Å². The fraction of sp³-hybridized carbons (Fsp3) is 0.500. The quantitative estimate of drug-likeness (QED) is 0.688. The van der Waals surface area contributed by atoms with Crippen LogP contribution in [0, 0.1) is 0 Å². The Morgan fingerprint density at radius 2 is 1.25 bits per heavy atom. The van der Waals surface area contributed by atoms with E-state index in [1.807, 2.05) is 0 Å². The number of halogens is 1. The van der Waals surface area contributed by atoms with Crippen LogP contribution in [0.3, 0.4) is 0 Å². The first-order valence-corrected chi connectivity index (χ1v) is 8.25. The molecular weight excluding hydrogens is 274 g/mol. The van der Waals surface area contributed by atoms with Gasteiger partial charge in [-0.25, -0.2) is 16.8 Å². The van der Waals surface area contributed by atoms with Gasteiger partial charge >= 0.3 is 0 Å². The predicted octanol–water partition coefficient (Wildman–Crippen LogP) is 1.25. The first-order valence-electron chi connectivity index (χ1n) is 4.48. The van der Waals surface area contributed by atoms with Crippen LogP contribution in [0.2, 0.25) is 0 Å². The van der Waals surface area contributed by atoms with E-state index in [1.54, 1.807) is 0 Å². The van der Waals surface area contributed by atoms with Crippen LogP contribution in [0.1, 0.15) is 13.8 Å². The number of hydrogen-bond donors (Lipinski definition) is 0. The largest absolute Gasteiger partial charge is 0.267 e. The molecule has 0 aliphatic rings. The number of rotatable bonds is 6. The van der Waals surface area contributed by atoms with Gasteiger partial charge in [-0.3, -0.25) is 4.42 Å². The van der Waals surface area contributed by atoms with Crippen LogP contribution in [-0.2, 0) is 19.7 Å². The molecule has 0 rings (SSSR count). The molecular formula is C8H14ClNO4S2. The smallest absolute Gasteiger partial charge is 0.172 e. The van der Waals surface area contributed by atoms with Gasteiger partial charge in [0.15, 0.2) is 19.7 Å². The Morgan fingerprint density at radius 3 is 1.50 bits per heavy atom. The molecule has 0 aromatic heterocycles. The second kappa shape index (κ2) is 6.27. The second-order valence-electron chi connectivity index (χ2n) is 2.82. The summed E-state index contributed by atoms with van der Waals surface area (Å²) < 4.78 is 45.0. The molecule has 5 nitrogen and oxygen atoms in total. The number of nitrogens with zero attached hydrogens (tertiary/aromatic N) is 1. The SMILES string of the molecule is CCS(=O)(=O)C=CN(Cl)C=CS(=O)(=O)CC. The van der Waals surface area contributed by atoms with Gasteiger partial charge in [-0.05, 0) is 0 Å². The van der Waals surface area contributed by atoms with Crippen LogP contribution < -0.4 is 0 Å². The topological polar surface area (TPSA) is 71.5 Å². The highest BCUT2D eigenvalue weighted by molar-refractivity contribution is 7.94. The Balaban J connectivity index is 4.59. The van der Waals surface area contributed by atoms with Crippen molar-refractivity contribution >= 4 is 31.5 Å². The van der Waals surface area contributed by atoms with Gasteiger partial charge in [-0.1, -0.05) is 13.8 Å². The van der Waals surface area contributed by atoms with E-state index in [2.05, 4.69) is 0 Å². The first kappa shape index (κ1) is 15.5. The third kappa shape index (κ3) is 6.86. The number of hydrogen-bond acceptors (Lipinski definition) is 5. The second-order valence-corrected chi connectivity index (χ2v) is 7.56. The molecule has 0 aliphatic carbocycles. The van der Waals surface area contributed by atoms with E-state index in [-0.39, 0.29) is 11.5 Å². The Bertz CT molecular complexity index is 420. The summed E-state index contributed by atoms with van der Waals surface area (Å²) >= 11 is 5.54. The lowest BCUT2D eigenvalue weighted by Crippen LogP contribution is -2.02. The van der Waals surface area contributed by atoms with Crippen molar-refractivity contribution in [1.29, 1.82) is 0 Å². The van der Waals surface area contributed by atoms with Crippen molar-refractivity contribution in [2.24, 2.45) is 0 Å². The molecule has 0 saturated heterocycles. The van der Waals surface area contributed by atoms with Crippen LogP contribution in [-0.4, -0.2) is 32.8 Å². The fourth-order valence-electron chi connectivity index (χ4n) is 0.544. The van der Waals surface area contributed by atoms with Crippen LogP contribution >= 0.6 is 11.8 Å². The van der Waals surface area contributed by atoms with Crippen LogP contribution in [0.5, 0.6) is 0 Å². The van der Waals surface area contributed by atoms with Crippen LogP contribution in [0.15, 0.2) is 23.2 Å². The molecule has 0 radical (unpaired) electrons. The first-order chi connectivity index (χ1) is 7.22. The molecule has 0 atom stereocenters. The van der Waals surface area contributed by atoms with Crippen molar-refractivity contribution < 1.29 is 16.8 Å². The molecule has 0 N–H and O–H groups in total. The van der Waals surface area contributed by atoms with Gasteiger partial charge in [0.2, 0.25) is 0 Å². The molecule has 0 aromatic carbocycles. The van der Waals surface area contributed by atoms with Crippen molar-refractivity contribution in [3.63, 3.8) is 0 Å². The highest BCUT2D eigenvalue weighted by atomic mass is 35.5. The summed E-state index contributed by atoms with van der Waals surface area (Å²) in [5, 5.41) is 1.84. The summed E-state index contributed by atoms with van der Waals surface area (Å²) in [6.07, 6.45) is 2.14. The summed E-state index contributed by atoms with van der Waals surface area (Å²) in [6.45, 7) is 2.99. The zero-order valence-corrected chi connectivity index (χ0v) is 11.4. The number of sulfone groups is 2. The Morgan fingerprint density at radius 1 is 0.938 bits per heavy atom. The minimum absolute atomic E-state index is 0.0365. The van der Waals surface area contributed by atoms with E-state index in [0.29, 0.717) is 0 Å². The highest BCUT2D eigenvalue weighted by Crippen LogP contribution is 2.02. The fourth-order valence-corrected chi connectivity index (χ4v) is 1.81. The molecule has 0 spiro atoms. The van der Waals surface area contributed by atoms with Crippen molar-refractivity contribution in [2.75, 3.05) is 11.5 Å². The summed E-state index contributed by atoms with van der Waals surface area (Å²) in [5.41, 5.74) is 0. The Hall–Kier alpha value is -0.530. The molecule has 0 bridgehead atoms. The van der Waals surface area contributed by atoms with Crippen molar-refractivity contribution in [2.45, 2.75) is 13.8 Å². The van der Waals surface area contributed by atoms with E-state index in [4.69, 9.17) is 11.8 Å². The molecule has 16 heavy (non-hydrogen) atoms. The van der Waals surface area contributed by atoms with Gasteiger partial charge in [-0.2, -0.15) is 0 Å². The van der Waals surface area contributed by atoms with Gasteiger partial charge in [0.25, 0.3) is 0 Å². The standard InChI is InChI=1S/C8H14ClNO4S2/c1-3-15(11,12)7-5-10(9)6-8-16(13,14)4-2/h5-8H,3-4H2,1-2H3. The van der Waals surface area contributed by atoms with E-state index < -0.39 is 19.7 Å². The average Bonchev–Trinajstić information content (AvgIpc) is 2.24. The Labute approximate surface area is 101 Å². The summed E-state index contributed by atoms with van der Waals surface area (Å²) in [5.74, 6) is -0.0730. The van der Waals surface area contributed by atoms with Gasteiger partial charge in [-0.15, -0.1) is 0 Å². The minimum Gasteiger partial charge on any atom is -0.267 e. The summed E-state index contributed by atoms with van der Waals surface area (Å²) in [6, 6.07) is 0. The van der Waals surface area contributed by atoms with Crippen molar-refractivity contribution in [1.82, 2.24) is 4.42 Å². The molecule has 0 fully saturated rings. The average molecular weight is 288 g/mol. The van der Waals surface area contributed by atoms with E-state index in [9.17, 15) is 16.8 Å². The Kier molecular flexibility index (Phi) is 6.06. The third-order valence-corrected chi connectivity index (χ3v) is 4.53. The lowest BCUT2D eigenvalue weighted by molar-refractivity contribution is 0.604. The molecule has 94 valence electrons. The highest BCUT2D eigenvalue weighted by Gasteiger charge is 2.03. The molecule has 0 saturated carbocycles. The van der Waals surface area contributed by atoms with Gasteiger partial charge in [0, 0.05) is 35.0 Å².